The highest BCUT2D eigenvalue weighted by atomic mass is 79.9. The van der Waals surface area contributed by atoms with E-state index in [1.54, 1.807) is 11.3 Å². The van der Waals surface area contributed by atoms with Gasteiger partial charge < -0.3 is 10.0 Å². The molecule has 4 heteroatoms. The first kappa shape index (κ1) is 12.6. The fourth-order valence-electron chi connectivity index (χ4n) is 2.37. The maximum absolute atomic E-state index is 10.8. The number of hydrogen-bond acceptors (Lipinski definition) is 3. The molecule has 1 saturated heterocycles. The van der Waals surface area contributed by atoms with E-state index >= 15 is 0 Å². The van der Waals surface area contributed by atoms with Crippen molar-refractivity contribution < 1.29 is 5.11 Å². The number of likely N-dealkylation sites (tertiary alicyclic amines) is 1. The lowest BCUT2D eigenvalue weighted by molar-refractivity contribution is 0.0211. The van der Waals surface area contributed by atoms with E-state index in [0.717, 1.165) is 48.9 Å². The molecule has 0 aromatic carbocycles. The van der Waals surface area contributed by atoms with Gasteiger partial charge in [0.1, 0.15) is 0 Å². The summed E-state index contributed by atoms with van der Waals surface area (Å²) in [5.74, 6) is 0. The first-order valence-electron chi connectivity index (χ1n) is 5.82. The molecule has 1 aliphatic heterocycles. The van der Waals surface area contributed by atoms with E-state index in [4.69, 9.17) is 0 Å². The van der Waals surface area contributed by atoms with Crippen LogP contribution in [0.25, 0.3) is 0 Å². The molecule has 90 valence electrons. The summed E-state index contributed by atoms with van der Waals surface area (Å²) < 4.78 is 1.06. The molecule has 1 atom stereocenters. The first-order valence-corrected chi connectivity index (χ1v) is 7.56. The minimum Gasteiger partial charge on any atom is -0.385 e. The van der Waals surface area contributed by atoms with Crippen molar-refractivity contribution in [3.05, 3.63) is 20.8 Å². The van der Waals surface area contributed by atoms with Gasteiger partial charge in [-0.2, -0.15) is 11.3 Å². The molecule has 2 nitrogen and oxygen atoms in total. The molecular formula is C12H18BrNOS. The highest BCUT2D eigenvalue weighted by molar-refractivity contribution is 9.10. The Morgan fingerprint density at radius 3 is 2.88 bits per heavy atom. The zero-order chi connectivity index (χ0) is 11.6. The molecule has 0 bridgehead atoms. The summed E-state index contributed by atoms with van der Waals surface area (Å²) in [5.41, 5.74) is 0.457. The maximum Gasteiger partial charge on any atom is 0.0928 e. The lowest BCUT2D eigenvalue weighted by atomic mass is 9.89. The highest BCUT2D eigenvalue weighted by Gasteiger charge is 2.33. The van der Waals surface area contributed by atoms with Crippen LogP contribution < -0.4 is 0 Å². The number of rotatable bonds is 2. The van der Waals surface area contributed by atoms with Crippen molar-refractivity contribution in [2.45, 2.75) is 31.8 Å². The number of nitrogens with zero attached hydrogens (tertiary/aromatic N) is 1. The van der Waals surface area contributed by atoms with Crippen LogP contribution >= 0.6 is 27.3 Å². The number of aliphatic hydroxyl groups is 1. The third-order valence-corrected chi connectivity index (χ3v) is 5.17. The Hall–Kier alpha value is 0.100. The van der Waals surface area contributed by atoms with Gasteiger partial charge in [-0.1, -0.05) is 6.92 Å². The highest BCUT2D eigenvalue weighted by Crippen LogP contribution is 2.38. The van der Waals surface area contributed by atoms with Crippen LogP contribution in [0, 0.1) is 0 Å². The molecule has 2 heterocycles. The van der Waals surface area contributed by atoms with Crippen LogP contribution in [0.15, 0.2) is 15.2 Å². The van der Waals surface area contributed by atoms with Crippen molar-refractivity contribution in [3.8, 4) is 0 Å². The lowest BCUT2D eigenvalue weighted by Crippen LogP contribution is -2.29. The van der Waals surface area contributed by atoms with Gasteiger partial charge in [0.25, 0.3) is 0 Å². The molecule has 0 amide bonds. The molecule has 0 radical (unpaired) electrons. The van der Waals surface area contributed by atoms with E-state index in [1.807, 2.05) is 0 Å². The summed E-state index contributed by atoms with van der Waals surface area (Å²) in [4.78, 5) is 2.41. The van der Waals surface area contributed by atoms with Crippen LogP contribution in [0.5, 0.6) is 0 Å². The van der Waals surface area contributed by atoms with Crippen molar-refractivity contribution in [2.75, 3.05) is 19.6 Å². The molecule has 1 unspecified atom stereocenters. The summed E-state index contributed by atoms with van der Waals surface area (Å²) >= 11 is 5.18. The van der Waals surface area contributed by atoms with Gasteiger partial charge in [0, 0.05) is 22.0 Å². The van der Waals surface area contributed by atoms with Gasteiger partial charge in [0.05, 0.1) is 5.60 Å². The second kappa shape index (κ2) is 5.17. The number of halogens is 1. The van der Waals surface area contributed by atoms with Crippen LogP contribution in [-0.2, 0) is 5.60 Å². The standard InChI is InChI=1S/C12H18BrNOS/c1-2-14-6-3-4-12(15,5-7-14)10-8-16-9-11(10)13/h8-9,15H,2-7H2,1H3. The van der Waals surface area contributed by atoms with Gasteiger partial charge in [0.2, 0.25) is 0 Å². The topological polar surface area (TPSA) is 23.5 Å². The van der Waals surface area contributed by atoms with Gasteiger partial charge in [0.15, 0.2) is 0 Å². The molecule has 0 aliphatic carbocycles. The zero-order valence-electron chi connectivity index (χ0n) is 9.58. The summed E-state index contributed by atoms with van der Waals surface area (Å²) in [5, 5.41) is 14.9. The summed E-state index contributed by atoms with van der Waals surface area (Å²) in [6, 6.07) is 0. The van der Waals surface area contributed by atoms with Crippen molar-refractivity contribution >= 4 is 27.3 Å². The predicted octanol–water partition coefficient (Wildman–Crippen LogP) is 3.20. The van der Waals surface area contributed by atoms with Gasteiger partial charge in [-0.3, -0.25) is 0 Å². The van der Waals surface area contributed by atoms with E-state index in [2.05, 4.69) is 38.5 Å². The molecule has 1 aliphatic rings. The molecule has 2 rings (SSSR count). The summed E-state index contributed by atoms with van der Waals surface area (Å²) in [6.45, 7) is 5.38. The molecule has 1 fully saturated rings. The fraction of sp³-hybridized carbons (Fsp3) is 0.667. The van der Waals surface area contributed by atoms with E-state index in [9.17, 15) is 5.11 Å². The van der Waals surface area contributed by atoms with E-state index in [-0.39, 0.29) is 0 Å². The largest absolute Gasteiger partial charge is 0.385 e. The Morgan fingerprint density at radius 1 is 1.44 bits per heavy atom. The minimum atomic E-state index is -0.622. The Morgan fingerprint density at radius 2 is 2.25 bits per heavy atom. The Kier molecular flexibility index (Phi) is 4.06. The molecule has 0 saturated carbocycles. The molecule has 0 spiro atoms. The fourth-order valence-corrected chi connectivity index (χ4v) is 4.13. The second-order valence-electron chi connectivity index (χ2n) is 4.45. The van der Waals surface area contributed by atoms with E-state index in [1.165, 1.54) is 0 Å². The van der Waals surface area contributed by atoms with E-state index < -0.39 is 5.60 Å². The van der Waals surface area contributed by atoms with E-state index in [0.29, 0.717) is 0 Å². The number of thiophene rings is 1. The Labute approximate surface area is 109 Å². The Bertz CT molecular complexity index is 355. The monoisotopic (exact) mass is 303 g/mol. The lowest BCUT2D eigenvalue weighted by Gasteiger charge is -2.26. The summed E-state index contributed by atoms with van der Waals surface area (Å²) in [6.07, 6.45) is 2.79. The van der Waals surface area contributed by atoms with Crippen LogP contribution in [0.3, 0.4) is 0 Å². The van der Waals surface area contributed by atoms with Gasteiger partial charge >= 0.3 is 0 Å². The van der Waals surface area contributed by atoms with Crippen molar-refractivity contribution in [1.82, 2.24) is 4.90 Å². The SMILES string of the molecule is CCN1CCCC(O)(c2cscc2Br)CC1. The number of hydrogen-bond donors (Lipinski definition) is 1. The van der Waals surface area contributed by atoms with Crippen LogP contribution in [-0.4, -0.2) is 29.6 Å². The van der Waals surface area contributed by atoms with Crippen molar-refractivity contribution in [3.63, 3.8) is 0 Å². The molecular weight excluding hydrogens is 286 g/mol. The molecule has 1 aromatic heterocycles. The average molecular weight is 304 g/mol. The maximum atomic E-state index is 10.8. The Balaban J connectivity index is 2.16. The molecule has 1 N–H and O–H groups in total. The minimum absolute atomic E-state index is 0.622. The quantitative estimate of drug-likeness (QED) is 0.907. The van der Waals surface area contributed by atoms with Gasteiger partial charge in [-0.25, -0.2) is 0 Å². The predicted molar refractivity (Wildman–Crippen MR) is 71.9 cm³/mol. The van der Waals surface area contributed by atoms with Crippen LogP contribution in [0.2, 0.25) is 0 Å². The first-order chi connectivity index (χ1) is 7.65. The zero-order valence-corrected chi connectivity index (χ0v) is 12.0. The third kappa shape index (κ3) is 2.50. The summed E-state index contributed by atoms with van der Waals surface area (Å²) in [7, 11) is 0. The third-order valence-electron chi connectivity index (χ3n) is 3.47. The second-order valence-corrected chi connectivity index (χ2v) is 6.05. The van der Waals surface area contributed by atoms with Gasteiger partial charge in [-0.05, 0) is 53.7 Å². The van der Waals surface area contributed by atoms with Gasteiger partial charge in [-0.15, -0.1) is 0 Å². The normalized spacial score (nSPS) is 27.9. The van der Waals surface area contributed by atoms with Crippen LogP contribution in [0.4, 0.5) is 0 Å². The average Bonchev–Trinajstić information content (AvgIpc) is 2.60. The van der Waals surface area contributed by atoms with Crippen LogP contribution in [0.1, 0.15) is 31.7 Å². The molecule has 16 heavy (non-hydrogen) atoms. The molecule has 1 aromatic rings. The van der Waals surface area contributed by atoms with Crippen molar-refractivity contribution in [2.24, 2.45) is 0 Å². The van der Waals surface area contributed by atoms with Crippen molar-refractivity contribution in [1.29, 1.82) is 0 Å². The smallest absolute Gasteiger partial charge is 0.0928 e.